The molecule has 2 aliphatic carbocycles. The highest BCUT2D eigenvalue weighted by Crippen LogP contribution is 2.64. The third-order valence-electron chi connectivity index (χ3n) is 10.2. The number of carboxylic acids is 1. The van der Waals surface area contributed by atoms with Gasteiger partial charge in [0.25, 0.3) is 0 Å². The number of imide groups is 2. The van der Waals surface area contributed by atoms with Crippen molar-refractivity contribution in [2.45, 2.75) is 32.1 Å². The van der Waals surface area contributed by atoms with Crippen LogP contribution < -0.4 is 4.90 Å². The number of carbonyl (C=O) groups excluding carboxylic acids is 4. The Bertz CT molecular complexity index is 1760. The van der Waals surface area contributed by atoms with Gasteiger partial charge in [0.05, 0.1) is 35.3 Å². The van der Waals surface area contributed by atoms with Crippen molar-refractivity contribution in [2.75, 3.05) is 11.4 Å². The SMILES string of the molecule is C[C@@]12C(=O)N(c3ccccc3)C(=O)[C@@H]1C[C@@H]1C(=CC[C@@H]3C(=O)N(CCC(=O)O)C(=O)[C@@H]31)[C@@H]2c1ccc2ccccc2c1O. The van der Waals surface area contributed by atoms with Crippen molar-refractivity contribution in [2.24, 2.45) is 29.1 Å². The number of para-hydroxylation sites is 1. The fourth-order valence-electron chi connectivity index (χ4n) is 8.18. The molecule has 218 valence electrons. The van der Waals surface area contributed by atoms with Crippen LogP contribution in [0.3, 0.4) is 0 Å². The molecule has 2 heterocycles. The molecule has 0 aromatic heterocycles. The summed E-state index contributed by atoms with van der Waals surface area (Å²) in [6, 6.07) is 19.8. The summed E-state index contributed by atoms with van der Waals surface area (Å²) in [7, 11) is 0. The first kappa shape index (κ1) is 27.1. The van der Waals surface area contributed by atoms with Crippen LogP contribution in [0.15, 0.2) is 78.4 Å². The number of carbonyl (C=O) groups is 5. The van der Waals surface area contributed by atoms with Gasteiger partial charge in [-0.3, -0.25) is 28.9 Å². The van der Waals surface area contributed by atoms with Crippen molar-refractivity contribution < 1.29 is 34.2 Å². The van der Waals surface area contributed by atoms with E-state index in [2.05, 4.69) is 0 Å². The highest BCUT2D eigenvalue weighted by atomic mass is 16.4. The molecule has 3 aromatic carbocycles. The molecule has 3 fully saturated rings. The molecule has 9 nitrogen and oxygen atoms in total. The third-order valence-corrected chi connectivity index (χ3v) is 10.2. The lowest BCUT2D eigenvalue weighted by Gasteiger charge is -2.49. The van der Waals surface area contributed by atoms with Gasteiger partial charge in [-0.15, -0.1) is 0 Å². The number of phenols is 1. The highest BCUT2D eigenvalue weighted by Gasteiger charge is 2.67. The molecule has 0 spiro atoms. The van der Waals surface area contributed by atoms with E-state index in [4.69, 9.17) is 0 Å². The van der Waals surface area contributed by atoms with Crippen LogP contribution in [0.5, 0.6) is 5.75 Å². The molecule has 43 heavy (non-hydrogen) atoms. The molecule has 2 saturated heterocycles. The first-order valence-corrected chi connectivity index (χ1v) is 14.6. The van der Waals surface area contributed by atoms with Gasteiger partial charge in [-0.05, 0) is 43.2 Å². The van der Waals surface area contributed by atoms with Crippen molar-refractivity contribution in [3.63, 3.8) is 0 Å². The van der Waals surface area contributed by atoms with E-state index in [1.807, 2.05) is 30.3 Å². The van der Waals surface area contributed by atoms with E-state index in [1.54, 1.807) is 49.4 Å². The Morgan fingerprint density at radius 1 is 0.907 bits per heavy atom. The Morgan fingerprint density at radius 2 is 1.63 bits per heavy atom. The first-order valence-electron chi connectivity index (χ1n) is 14.6. The van der Waals surface area contributed by atoms with Crippen molar-refractivity contribution in [1.29, 1.82) is 0 Å². The third kappa shape index (κ3) is 3.73. The van der Waals surface area contributed by atoms with Gasteiger partial charge in [-0.2, -0.15) is 0 Å². The van der Waals surface area contributed by atoms with Gasteiger partial charge < -0.3 is 10.2 Å². The summed E-state index contributed by atoms with van der Waals surface area (Å²) in [6.07, 6.45) is 2.01. The fourth-order valence-corrected chi connectivity index (χ4v) is 8.18. The molecular formula is C34H30N2O7. The number of allylic oxidation sites excluding steroid dienone is 2. The number of hydrogen-bond acceptors (Lipinski definition) is 6. The van der Waals surface area contributed by atoms with Crippen LogP contribution in [0, 0.1) is 29.1 Å². The van der Waals surface area contributed by atoms with Crippen molar-refractivity contribution in [3.05, 3.63) is 83.9 Å². The van der Waals surface area contributed by atoms with Gasteiger partial charge in [0.15, 0.2) is 0 Å². The number of aliphatic carboxylic acids is 1. The standard InChI is InChI=1S/C34H30N2O7/c1-34-25(31(41)36(33(34)43)19-8-3-2-4-9-19)17-24-21(28(34)23-12-11-18-7-5-6-10-20(18)29(23)39)13-14-22-27(24)32(42)35(30(22)40)16-15-26(37)38/h2-13,22,24-25,27-28,39H,14-17H2,1H3,(H,37,38)/t22-,24+,25-,27-,28+,34+/m0/s1. The number of hydrogen-bond donors (Lipinski definition) is 2. The van der Waals surface area contributed by atoms with E-state index in [9.17, 15) is 34.2 Å². The maximum Gasteiger partial charge on any atom is 0.305 e. The minimum Gasteiger partial charge on any atom is -0.507 e. The summed E-state index contributed by atoms with van der Waals surface area (Å²) in [5.41, 5.74) is 0.451. The molecular weight excluding hydrogens is 548 g/mol. The molecule has 4 amide bonds. The molecule has 0 bridgehead atoms. The number of fused-ring (bicyclic) bond motifs is 5. The van der Waals surface area contributed by atoms with Crippen LogP contribution in [0.1, 0.15) is 37.7 Å². The Kier molecular flexibility index (Phi) is 6.06. The second kappa shape index (κ2) is 9.62. The lowest BCUT2D eigenvalue weighted by Crippen LogP contribution is -2.48. The lowest BCUT2D eigenvalue weighted by molar-refractivity contribution is -0.142. The van der Waals surface area contributed by atoms with E-state index in [1.165, 1.54) is 4.90 Å². The summed E-state index contributed by atoms with van der Waals surface area (Å²) < 4.78 is 0. The number of likely N-dealkylation sites (tertiary alicyclic amines) is 1. The van der Waals surface area contributed by atoms with Crippen LogP contribution in [-0.4, -0.2) is 51.3 Å². The van der Waals surface area contributed by atoms with E-state index in [-0.39, 0.29) is 43.4 Å². The molecule has 2 N–H and O–H groups in total. The first-order chi connectivity index (χ1) is 20.6. The van der Waals surface area contributed by atoms with Crippen molar-refractivity contribution in [1.82, 2.24) is 4.90 Å². The average molecular weight is 579 g/mol. The van der Waals surface area contributed by atoms with Crippen LogP contribution in [0.4, 0.5) is 5.69 Å². The maximum atomic E-state index is 14.5. The molecule has 3 aromatic rings. The fraction of sp³-hybridized carbons (Fsp3) is 0.324. The lowest BCUT2D eigenvalue weighted by atomic mass is 9.51. The predicted octanol–water partition coefficient (Wildman–Crippen LogP) is 4.25. The number of carboxylic acid groups (broad SMARTS) is 1. The summed E-state index contributed by atoms with van der Waals surface area (Å²) in [6.45, 7) is 1.57. The van der Waals surface area contributed by atoms with Crippen LogP contribution in [0.25, 0.3) is 10.8 Å². The summed E-state index contributed by atoms with van der Waals surface area (Å²) in [4.78, 5) is 69.3. The number of benzene rings is 3. The largest absolute Gasteiger partial charge is 0.507 e. The van der Waals surface area contributed by atoms with Gasteiger partial charge >= 0.3 is 5.97 Å². The van der Waals surface area contributed by atoms with Crippen LogP contribution in [-0.2, 0) is 24.0 Å². The second-order valence-electron chi connectivity index (χ2n) is 12.2. The molecule has 9 heteroatoms. The Balaban J connectivity index is 1.40. The zero-order valence-corrected chi connectivity index (χ0v) is 23.5. The van der Waals surface area contributed by atoms with Gasteiger partial charge in [0.2, 0.25) is 23.6 Å². The normalized spacial score (nSPS) is 29.9. The molecule has 7 rings (SSSR count). The number of aromatic hydroxyl groups is 1. The topological polar surface area (TPSA) is 132 Å². The molecule has 6 atom stereocenters. The highest BCUT2D eigenvalue weighted by molar-refractivity contribution is 6.24. The number of nitrogens with zero attached hydrogens (tertiary/aromatic N) is 2. The van der Waals surface area contributed by atoms with E-state index >= 15 is 0 Å². The minimum absolute atomic E-state index is 0.0158. The molecule has 2 aliphatic heterocycles. The zero-order valence-electron chi connectivity index (χ0n) is 23.5. The molecule has 4 aliphatic rings. The maximum absolute atomic E-state index is 14.5. The number of rotatable bonds is 5. The van der Waals surface area contributed by atoms with E-state index < -0.39 is 52.8 Å². The predicted molar refractivity (Wildman–Crippen MR) is 156 cm³/mol. The van der Waals surface area contributed by atoms with Crippen LogP contribution >= 0.6 is 0 Å². The molecule has 0 unspecified atom stereocenters. The van der Waals surface area contributed by atoms with Gasteiger partial charge in [-0.25, -0.2) is 4.90 Å². The Morgan fingerprint density at radius 3 is 2.37 bits per heavy atom. The molecule has 1 saturated carbocycles. The van der Waals surface area contributed by atoms with Crippen molar-refractivity contribution in [3.8, 4) is 5.75 Å². The van der Waals surface area contributed by atoms with Gasteiger partial charge in [-0.1, -0.05) is 66.2 Å². The number of anilines is 1. The van der Waals surface area contributed by atoms with Crippen LogP contribution in [0.2, 0.25) is 0 Å². The summed E-state index contributed by atoms with van der Waals surface area (Å²) >= 11 is 0. The average Bonchev–Trinajstić information content (AvgIpc) is 3.36. The molecule has 0 radical (unpaired) electrons. The quantitative estimate of drug-likeness (QED) is 0.342. The minimum atomic E-state index is -1.27. The zero-order chi connectivity index (χ0) is 30.2. The summed E-state index contributed by atoms with van der Waals surface area (Å²) in [5.74, 6) is -6.19. The summed E-state index contributed by atoms with van der Waals surface area (Å²) in [5, 5.41) is 22.3. The Labute approximate surface area is 247 Å². The number of phenolic OH excluding ortho intramolecular Hbond substituents is 1. The van der Waals surface area contributed by atoms with Gasteiger partial charge in [0.1, 0.15) is 5.75 Å². The Hall–Kier alpha value is -4.79. The van der Waals surface area contributed by atoms with Crippen molar-refractivity contribution >= 4 is 46.1 Å². The smallest absolute Gasteiger partial charge is 0.305 e. The van der Waals surface area contributed by atoms with Gasteiger partial charge in [0, 0.05) is 23.4 Å². The number of amides is 4. The van der Waals surface area contributed by atoms with E-state index in [0.29, 0.717) is 16.6 Å². The monoisotopic (exact) mass is 578 g/mol. The van der Waals surface area contributed by atoms with E-state index in [0.717, 1.165) is 15.9 Å². The second-order valence-corrected chi connectivity index (χ2v) is 12.2.